The minimum absolute atomic E-state index is 0.411. The Kier molecular flexibility index (Phi) is 2.67. The summed E-state index contributed by atoms with van der Waals surface area (Å²) in [4.78, 5) is 0. The van der Waals surface area contributed by atoms with Crippen LogP contribution in [-0.2, 0) is 5.33 Å². The second-order valence-corrected chi connectivity index (χ2v) is 3.03. The average Bonchev–Trinajstić information content (AvgIpc) is 1.99. The fourth-order valence-corrected chi connectivity index (χ4v) is 1.79. The van der Waals surface area contributed by atoms with E-state index in [9.17, 15) is 0 Å². The molecule has 5 heteroatoms. The summed E-state index contributed by atoms with van der Waals surface area (Å²) >= 11 is 9.03. The lowest BCUT2D eigenvalue weighted by molar-refractivity contribution is 1.00. The van der Waals surface area contributed by atoms with Crippen LogP contribution >= 0.6 is 27.5 Å². The van der Waals surface area contributed by atoms with E-state index in [2.05, 4.69) is 26.1 Å². The number of nitrogen functional groups attached to an aromatic ring is 1. The van der Waals surface area contributed by atoms with Crippen molar-refractivity contribution in [1.82, 2.24) is 10.2 Å². The Balaban J connectivity index is 3.29. The van der Waals surface area contributed by atoms with Crippen LogP contribution in [0.4, 0.5) is 5.82 Å². The van der Waals surface area contributed by atoms with Crippen molar-refractivity contribution in [3.05, 3.63) is 16.3 Å². The molecule has 0 saturated carbocycles. The number of hydrogen-bond acceptors (Lipinski definition) is 3. The molecule has 0 unspecified atom stereocenters. The van der Waals surface area contributed by atoms with Gasteiger partial charge in [0.05, 0.1) is 0 Å². The van der Waals surface area contributed by atoms with E-state index in [1.165, 1.54) is 0 Å². The van der Waals surface area contributed by atoms with Gasteiger partial charge < -0.3 is 5.73 Å². The molecule has 0 atom stereocenters. The van der Waals surface area contributed by atoms with Crippen LogP contribution in [-0.4, -0.2) is 10.2 Å². The maximum absolute atomic E-state index is 5.74. The lowest BCUT2D eigenvalue weighted by Gasteiger charge is -2.04. The number of nitrogens with two attached hydrogens (primary N) is 1. The first-order valence-corrected chi connectivity index (χ1v) is 4.50. The van der Waals surface area contributed by atoms with Gasteiger partial charge in [0.25, 0.3) is 0 Å². The van der Waals surface area contributed by atoms with Gasteiger partial charge in [0.15, 0.2) is 5.15 Å². The number of rotatable bonds is 1. The molecule has 1 aromatic heterocycles. The largest absolute Gasteiger partial charge is 0.382 e. The Hall–Kier alpha value is -0.350. The monoisotopic (exact) mass is 235 g/mol. The normalized spacial score (nSPS) is 10.1. The molecule has 0 amide bonds. The van der Waals surface area contributed by atoms with Gasteiger partial charge in [-0.3, -0.25) is 0 Å². The smallest absolute Gasteiger partial charge is 0.156 e. The van der Waals surface area contributed by atoms with Crippen molar-refractivity contribution < 1.29 is 0 Å². The molecule has 60 valence electrons. The van der Waals surface area contributed by atoms with Crippen molar-refractivity contribution in [2.45, 2.75) is 12.3 Å². The number of halogens is 2. The molecular formula is C6H7BrClN3. The van der Waals surface area contributed by atoms with Crippen LogP contribution in [0.25, 0.3) is 0 Å². The van der Waals surface area contributed by atoms with Gasteiger partial charge in [-0.1, -0.05) is 27.5 Å². The third-order valence-corrected chi connectivity index (χ3v) is 2.33. The van der Waals surface area contributed by atoms with Crippen molar-refractivity contribution in [3.8, 4) is 0 Å². The Bertz CT molecular complexity index is 277. The van der Waals surface area contributed by atoms with E-state index < -0.39 is 0 Å². The summed E-state index contributed by atoms with van der Waals surface area (Å²) in [6, 6.07) is 0. The number of nitrogens with zero attached hydrogens (tertiary/aromatic N) is 2. The first-order chi connectivity index (χ1) is 5.16. The zero-order valence-electron chi connectivity index (χ0n) is 5.93. The summed E-state index contributed by atoms with van der Waals surface area (Å²) in [7, 11) is 0. The second kappa shape index (κ2) is 3.36. The Morgan fingerprint density at radius 1 is 1.55 bits per heavy atom. The van der Waals surface area contributed by atoms with Crippen LogP contribution in [0.1, 0.15) is 11.1 Å². The van der Waals surface area contributed by atoms with E-state index in [-0.39, 0.29) is 0 Å². The van der Waals surface area contributed by atoms with E-state index in [0.29, 0.717) is 16.3 Å². The minimum Gasteiger partial charge on any atom is -0.382 e. The van der Waals surface area contributed by atoms with Crippen LogP contribution in [0.5, 0.6) is 0 Å². The highest BCUT2D eigenvalue weighted by Gasteiger charge is 2.07. The number of aromatic nitrogens is 2. The van der Waals surface area contributed by atoms with E-state index >= 15 is 0 Å². The average molecular weight is 236 g/mol. The van der Waals surface area contributed by atoms with E-state index in [4.69, 9.17) is 17.3 Å². The Morgan fingerprint density at radius 3 is 2.64 bits per heavy atom. The molecular weight excluding hydrogens is 229 g/mol. The van der Waals surface area contributed by atoms with Gasteiger partial charge in [-0.15, -0.1) is 10.2 Å². The summed E-state index contributed by atoms with van der Waals surface area (Å²) in [5.74, 6) is 0.434. The highest BCUT2D eigenvalue weighted by atomic mass is 79.9. The molecule has 1 heterocycles. The van der Waals surface area contributed by atoms with Gasteiger partial charge in [0.1, 0.15) is 5.82 Å². The van der Waals surface area contributed by atoms with Gasteiger partial charge in [0, 0.05) is 16.5 Å². The first-order valence-electron chi connectivity index (χ1n) is 3.00. The third-order valence-electron chi connectivity index (χ3n) is 1.47. The molecule has 0 radical (unpaired) electrons. The lowest BCUT2D eigenvalue weighted by atomic mass is 10.2. The van der Waals surface area contributed by atoms with Gasteiger partial charge in [-0.05, 0) is 6.92 Å². The molecule has 0 saturated heterocycles. The molecule has 0 bridgehead atoms. The van der Waals surface area contributed by atoms with Gasteiger partial charge >= 0.3 is 0 Å². The summed E-state index contributed by atoms with van der Waals surface area (Å²) in [6.45, 7) is 1.87. The second-order valence-electron chi connectivity index (χ2n) is 2.11. The summed E-state index contributed by atoms with van der Waals surface area (Å²) in [5, 5.41) is 8.39. The van der Waals surface area contributed by atoms with Gasteiger partial charge in [-0.2, -0.15) is 0 Å². The van der Waals surface area contributed by atoms with Crippen molar-refractivity contribution >= 4 is 33.3 Å². The first kappa shape index (κ1) is 8.74. The van der Waals surface area contributed by atoms with Crippen molar-refractivity contribution in [2.75, 3.05) is 5.73 Å². The van der Waals surface area contributed by atoms with E-state index in [1.54, 1.807) is 0 Å². The molecule has 0 fully saturated rings. The molecule has 0 aliphatic heterocycles. The zero-order valence-corrected chi connectivity index (χ0v) is 8.28. The van der Waals surface area contributed by atoms with Gasteiger partial charge in [0.2, 0.25) is 0 Å². The molecule has 1 aromatic rings. The lowest BCUT2D eigenvalue weighted by Crippen LogP contribution is -2.01. The van der Waals surface area contributed by atoms with Crippen LogP contribution in [0.2, 0.25) is 5.15 Å². The van der Waals surface area contributed by atoms with Crippen molar-refractivity contribution in [1.29, 1.82) is 0 Å². The molecule has 2 N–H and O–H groups in total. The summed E-state index contributed by atoms with van der Waals surface area (Å²) in [5.41, 5.74) is 7.30. The quantitative estimate of drug-likeness (QED) is 0.758. The van der Waals surface area contributed by atoms with Crippen LogP contribution in [0.15, 0.2) is 0 Å². The Labute approximate surface area is 78.1 Å². The SMILES string of the molecule is Cc1c(N)nnc(Cl)c1CBr. The fourth-order valence-electron chi connectivity index (χ4n) is 0.698. The topological polar surface area (TPSA) is 51.8 Å². The number of alkyl halides is 1. The predicted octanol–water partition coefficient (Wildman–Crippen LogP) is 1.92. The predicted molar refractivity (Wildman–Crippen MR) is 48.8 cm³/mol. The van der Waals surface area contributed by atoms with Crippen molar-refractivity contribution in [3.63, 3.8) is 0 Å². The summed E-state index contributed by atoms with van der Waals surface area (Å²) in [6.07, 6.45) is 0. The third kappa shape index (κ3) is 1.62. The molecule has 3 nitrogen and oxygen atoms in total. The van der Waals surface area contributed by atoms with Crippen LogP contribution in [0, 0.1) is 6.92 Å². The molecule has 0 spiro atoms. The maximum atomic E-state index is 5.74. The molecule has 11 heavy (non-hydrogen) atoms. The zero-order chi connectivity index (χ0) is 8.43. The minimum atomic E-state index is 0.411. The summed E-state index contributed by atoms with van der Waals surface area (Å²) < 4.78 is 0. The van der Waals surface area contributed by atoms with Gasteiger partial charge in [-0.25, -0.2) is 0 Å². The molecule has 0 aromatic carbocycles. The standard InChI is InChI=1S/C6H7BrClN3/c1-3-4(2-7)5(8)10-11-6(3)9/h2H2,1H3,(H2,9,11). The fraction of sp³-hybridized carbons (Fsp3) is 0.333. The molecule has 0 aliphatic rings. The highest BCUT2D eigenvalue weighted by Crippen LogP contribution is 2.21. The highest BCUT2D eigenvalue weighted by molar-refractivity contribution is 9.08. The van der Waals surface area contributed by atoms with E-state index in [0.717, 1.165) is 11.1 Å². The van der Waals surface area contributed by atoms with Crippen molar-refractivity contribution in [2.24, 2.45) is 0 Å². The Morgan fingerprint density at radius 2 is 2.18 bits per heavy atom. The molecule has 0 aliphatic carbocycles. The van der Waals surface area contributed by atoms with Crippen LogP contribution < -0.4 is 5.73 Å². The van der Waals surface area contributed by atoms with E-state index in [1.807, 2.05) is 6.92 Å². The number of anilines is 1. The molecule has 1 rings (SSSR count). The van der Waals surface area contributed by atoms with Crippen LogP contribution in [0.3, 0.4) is 0 Å². The maximum Gasteiger partial charge on any atom is 0.156 e. The number of hydrogen-bond donors (Lipinski definition) is 1.